The summed E-state index contributed by atoms with van der Waals surface area (Å²) in [5.74, 6) is -1.24. The number of nitro groups is 1. The number of hydrogen-bond donors (Lipinski definition) is 4. The molecule has 2 heterocycles. The number of aryl methyl sites for hydroxylation is 2. The molecule has 0 saturated carbocycles. The van der Waals surface area contributed by atoms with Crippen LogP contribution in [0.2, 0.25) is 0 Å². The van der Waals surface area contributed by atoms with Crippen LogP contribution in [0.4, 0.5) is 5.69 Å². The Balaban J connectivity index is 1.61. The smallest absolute Gasteiger partial charge is 0.343 e. The van der Waals surface area contributed by atoms with Crippen LogP contribution in [0.3, 0.4) is 0 Å². The summed E-state index contributed by atoms with van der Waals surface area (Å²) in [6.07, 6.45) is 5.48. The monoisotopic (exact) mass is 451 g/mol. The number of nitrogens with one attached hydrogen (secondary N) is 4. The van der Waals surface area contributed by atoms with Gasteiger partial charge in [-0.25, -0.2) is 4.79 Å². The predicted octanol–water partition coefficient (Wildman–Crippen LogP) is 2.69. The summed E-state index contributed by atoms with van der Waals surface area (Å²) < 4.78 is 5.53. The molecule has 170 valence electrons. The number of aromatic amines is 4. The minimum Gasteiger partial charge on any atom is -0.427 e. The maximum Gasteiger partial charge on any atom is 0.343 e. The van der Waals surface area contributed by atoms with E-state index in [0.29, 0.717) is 28.3 Å². The van der Waals surface area contributed by atoms with Gasteiger partial charge in [0, 0.05) is 47.0 Å². The molecule has 11 heteroatoms. The predicted molar refractivity (Wildman–Crippen MR) is 118 cm³/mol. The molecule has 4 rings (SSSR count). The largest absolute Gasteiger partial charge is 0.427 e. The van der Waals surface area contributed by atoms with Gasteiger partial charge in [-0.15, -0.1) is 0 Å². The molecule has 0 unspecified atom stereocenters. The van der Waals surface area contributed by atoms with Crippen molar-refractivity contribution in [2.45, 2.75) is 26.2 Å². The minimum atomic E-state index is -0.659. The molecule has 1 aromatic carbocycles. The Morgan fingerprint density at radius 1 is 1.03 bits per heavy atom. The Kier molecular flexibility index (Phi) is 5.69. The van der Waals surface area contributed by atoms with Gasteiger partial charge in [-0.2, -0.15) is 0 Å². The lowest BCUT2D eigenvalue weighted by molar-refractivity contribution is -0.384. The van der Waals surface area contributed by atoms with Crippen molar-refractivity contribution < 1.29 is 14.5 Å². The Morgan fingerprint density at radius 2 is 1.61 bits per heavy atom. The molecule has 0 amide bonds. The lowest BCUT2D eigenvalue weighted by atomic mass is 9.77. The fourth-order valence-corrected chi connectivity index (χ4v) is 4.11. The molecule has 11 nitrogen and oxygen atoms in total. The van der Waals surface area contributed by atoms with Crippen LogP contribution in [0, 0.1) is 29.9 Å². The fourth-order valence-electron chi connectivity index (χ4n) is 4.11. The third-order valence-corrected chi connectivity index (χ3v) is 5.69. The fraction of sp³-hybridized carbons (Fsp3) is 0.227. The summed E-state index contributed by atoms with van der Waals surface area (Å²) in [5.41, 5.74) is 1.46. The maximum absolute atomic E-state index is 12.6. The number of carbonyl (C=O) groups is 1. The van der Waals surface area contributed by atoms with Gasteiger partial charge in [0.15, 0.2) is 0 Å². The first-order valence-corrected chi connectivity index (χ1v) is 10.1. The van der Waals surface area contributed by atoms with Crippen molar-refractivity contribution in [2.24, 2.45) is 5.92 Å². The van der Waals surface area contributed by atoms with E-state index in [-0.39, 0.29) is 34.7 Å². The van der Waals surface area contributed by atoms with E-state index in [1.54, 1.807) is 26.0 Å². The number of hydrogen-bond acceptors (Lipinski definition) is 6. The van der Waals surface area contributed by atoms with Crippen molar-refractivity contribution in [3.05, 3.63) is 107 Å². The number of nitro benzene ring substituents is 1. The summed E-state index contributed by atoms with van der Waals surface area (Å²) in [4.78, 5) is 48.0. The molecular weight excluding hydrogens is 430 g/mol. The molecule has 2 aromatic heterocycles. The van der Waals surface area contributed by atoms with Crippen LogP contribution in [-0.2, 0) is 4.74 Å². The number of non-ortho nitro benzene ring substituents is 1. The second-order valence-corrected chi connectivity index (χ2v) is 7.79. The molecule has 0 saturated heterocycles. The lowest BCUT2D eigenvalue weighted by Crippen LogP contribution is -2.26. The van der Waals surface area contributed by atoms with Crippen molar-refractivity contribution in [1.29, 1.82) is 0 Å². The van der Waals surface area contributed by atoms with Crippen LogP contribution in [0.1, 0.15) is 45.2 Å². The number of rotatable bonds is 6. The highest BCUT2D eigenvalue weighted by Crippen LogP contribution is 2.37. The van der Waals surface area contributed by atoms with Crippen molar-refractivity contribution in [1.82, 2.24) is 20.4 Å². The van der Waals surface area contributed by atoms with Crippen LogP contribution in [0.15, 0.2) is 57.8 Å². The van der Waals surface area contributed by atoms with Crippen molar-refractivity contribution in [2.75, 3.05) is 0 Å². The highest BCUT2D eigenvalue weighted by Gasteiger charge is 2.34. The van der Waals surface area contributed by atoms with Crippen LogP contribution in [-0.4, -0.2) is 31.3 Å². The zero-order chi connectivity index (χ0) is 23.7. The third-order valence-electron chi connectivity index (χ3n) is 5.69. The van der Waals surface area contributed by atoms with Gasteiger partial charge in [0.05, 0.1) is 10.5 Å². The molecule has 0 fully saturated rings. The maximum atomic E-state index is 12.6. The number of esters is 1. The molecule has 1 atom stereocenters. The van der Waals surface area contributed by atoms with Crippen LogP contribution in [0.5, 0.6) is 0 Å². The number of ether oxygens (including phenoxy) is 1. The molecule has 33 heavy (non-hydrogen) atoms. The topological polar surface area (TPSA) is 167 Å². The number of H-pyrrole nitrogens is 4. The highest BCUT2D eigenvalue weighted by atomic mass is 16.6. The zero-order valence-corrected chi connectivity index (χ0v) is 17.8. The average molecular weight is 451 g/mol. The second-order valence-electron chi connectivity index (χ2n) is 7.79. The van der Waals surface area contributed by atoms with E-state index < -0.39 is 16.8 Å². The van der Waals surface area contributed by atoms with Gasteiger partial charge >= 0.3 is 5.97 Å². The van der Waals surface area contributed by atoms with E-state index in [1.807, 2.05) is 6.08 Å². The number of allylic oxidation sites excluding steroid dienone is 4. The number of benzene rings is 1. The van der Waals surface area contributed by atoms with Crippen molar-refractivity contribution in [3.63, 3.8) is 0 Å². The Morgan fingerprint density at radius 3 is 2.09 bits per heavy atom. The third kappa shape index (κ3) is 4.20. The van der Waals surface area contributed by atoms with Crippen LogP contribution < -0.4 is 11.1 Å². The van der Waals surface area contributed by atoms with Crippen LogP contribution in [0.25, 0.3) is 0 Å². The molecular formula is C22H21N5O6. The molecule has 0 radical (unpaired) electrons. The van der Waals surface area contributed by atoms with Crippen molar-refractivity contribution in [3.8, 4) is 0 Å². The molecule has 3 aromatic rings. The van der Waals surface area contributed by atoms with Gasteiger partial charge < -0.3 is 14.9 Å². The second kappa shape index (κ2) is 8.61. The van der Waals surface area contributed by atoms with Gasteiger partial charge in [-0.05, 0) is 38.0 Å². The Hall–Kier alpha value is -4.41. The highest BCUT2D eigenvalue weighted by molar-refractivity contribution is 5.90. The average Bonchev–Trinajstić information content (AvgIpc) is 3.30. The normalized spacial score (nSPS) is 15.5. The standard InChI is InChI=1S/C22H21N5O6/c1-11-17(20(28)25-23-11)19(18-12(2)24-26-21(18)29)14-4-3-5-16(10-14)33-22(30)13-6-8-15(9-7-13)27(31)32/h3-9,14,19H,10H2,1-2H3,(H2,23,25,28)(H2,24,26,29)/t14-/m0/s1. The number of nitrogens with zero attached hydrogens (tertiary/aromatic N) is 1. The molecule has 0 bridgehead atoms. The first-order valence-electron chi connectivity index (χ1n) is 10.1. The van der Waals surface area contributed by atoms with E-state index in [1.165, 1.54) is 24.3 Å². The first kappa shape index (κ1) is 21.8. The zero-order valence-electron chi connectivity index (χ0n) is 17.8. The minimum absolute atomic E-state index is 0.131. The van der Waals surface area contributed by atoms with E-state index in [9.17, 15) is 24.5 Å². The summed E-state index contributed by atoms with van der Waals surface area (Å²) >= 11 is 0. The van der Waals surface area contributed by atoms with Gasteiger partial charge in [0.2, 0.25) is 0 Å². The number of carbonyl (C=O) groups excluding carboxylic acids is 1. The SMILES string of the molecule is Cc1[nH][nH]c(=O)c1C(c1c(C)[nH][nH]c1=O)[C@H]1C=CC=C(OC(=O)c2ccc([N+](=O)[O-])cc2)C1. The van der Waals surface area contributed by atoms with E-state index >= 15 is 0 Å². The first-order chi connectivity index (χ1) is 15.8. The molecule has 1 aliphatic carbocycles. The lowest BCUT2D eigenvalue weighted by Gasteiger charge is -2.26. The van der Waals surface area contributed by atoms with E-state index in [4.69, 9.17) is 4.74 Å². The summed E-state index contributed by atoms with van der Waals surface area (Å²) in [6.45, 7) is 3.49. The molecule has 0 aliphatic heterocycles. The molecule has 0 spiro atoms. The summed E-state index contributed by atoms with van der Waals surface area (Å²) in [5, 5.41) is 21.5. The van der Waals surface area contributed by atoms with Crippen molar-refractivity contribution >= 4 is 11.7 Å². The van der Waals surface area contributed by atoms with Gasteiger partial charge in [-0.1, -0.05) is 12.2 Å². The Bertz CT molecular complexity index is 1330. The summed E-state index contributed by atoms with van der Waals surface area (Å²) in [7, 11) is 0. The molecule has 4 N–H and O–H groups in total. The molecule has 1 aliphatic rings. The van der Waals surface area contributed by atoms with Crippen LogP contribution >= 0.6 is 0 Å². The number of aromatic nitrogens is 4. The Labute approximate surface area is 186 Å². The summed E-state index contributed by atoms with van der Waals surface area (Å²) in [6, 6.07) is 5.11. The quantitative estimate of drug-likeness (QED) is 0.255. The van der Waals surface area contributed by atoms with Gasteiger partial charge in [0.1, 0.15) is 5.76 Å². The van der Waals surface area contributed by atoms with E-state index in [2.05, 4.69) is 20.4 Å². The van der Waals surface area contributed by atoms with Gasteiger partial charge in [-0.3, -0.25) is 29.9 Å². The van der Waals surface area contributed by atoms with Gasteiger partial charge in [0.25, 0.3) is 16.8 Å². The van der Waals surface area contributed by atoms with E-state index in [0.717, 1.165) is 0 Å².